The molecule has 3 heterocycles. The molecule has 3 aliphatic rings. The summed E-state index contributed by atoms with van der Waals surface area (Å²) in [7, 11) is 0. The molecule has 7 nitrogen and oxygen atoms in total. The molecule has 0 radical (unpaired) electrons. The maximum atomic E-state index is 12.6. The van der Waals surface area contributed by atoms with Crippen LogP contribution in [0.5, 0.6) is 5.75 Å². The Morgan fingerprint density at radius 3 is 2.19 bits per heavy atom. The summed E-state index contributed by atoms with van der Waals surface area (Å²) in [4.78, 5) is 37.6. The predicted molar refractivity (Wildman–Crippen MR) is 90.9 cm³/mol. The van der Waals surface area contributed by atoms with E-state index in [1.807, 2.05) is 32.0 Å². The molecule has 7 heteroatoms. The van der Waals surface area contributed by atoms with Crippen molar-refractivity contribution in [3.8, 4) is 5.75 Å². The van der Waals surface area contributed by atoms with Gasteiger partial charge >= 0.3 is 0 Å². The van der Waals surface area contributed by atoms with Crippen molar-refractivity contribution in [2.75, 3.05) is 0 Å². The molecule has 1 aromatic carbocycles. The Labute approximate surface area is 151 Å². The van der Waals surface area contributed by atoms with Crippen LogP contribution in [0, 0.1) is 25.7 Å². The normalized spacial score (nSPS) is 30.5. The third kappa shape index (κ3) is 2.67. The average Bonchev–Trinajstić information content (AvgIpc) is 3.23. The molecule has 3 aliphatic heterocycles. The lowest BCUT2D eigenvalue weighted by atomic mass is 9.81. The summed E-state index contributed by atoms with van der Waals surface area (Å²) in [6, 6.07) is 5.68. The van der Waals surface area contributed by atoms with Gasteiger partial charge in [-0.15, -0.1) is 0 Å². The van der Waals surface area contributed by atoms with Crippen LogP contribution < -0.4 is 10.2 Å². The van der Waals surface area contributed by atoms with E-state index in [2.05, 4.69) is 5.43 Å². The number of amides is 3. The number of carbonyl (C=O) groups excluding carboxylic acids is 3. The Kier molecular flexibility index (Phi) is 3.99. The van der Waals surface area contributed by atoms with E-state index in [9.17, 15) is 14.4 Å². The molecule has 4 rings (SSSR count). The molecule has 3 amide bonds. The smallest absolute Gasteiger partial charge is 0.279 e. The van der Waals surface area contributed by atoms with E-state index in [-0.39, 0.29) is 24.0 Å². The molecular weight excluding hydrogens is 336 g/mol. The lowest BCUT2D eigenvalue weighted by Gasteiger charge is -2.21. The summed E-state index contributed by atoms with van der Waals surface area (Å²) in [6.07, 6.45) is 0.336. The third-order valence-corrected chi connectivity index (χ3v) is 5.38. The molecule has 1 aromatic rings. The molecule has 5 atom stereocenters. The van der Waals surface area contributed by atoms with Crippen LogP contribution in [0.15, 0.2) is 18.2 Å². The minimum Gasteiger partial charge on any atom is -0.481 e. The SMILES string of the molecule is Cc1cc(C)cc(O[C@@H](C)C(=O)NN2C(=O)[C@@H]3[C@H](C2=O)[C@@H]2CC[C@H]3O2)c1. The first-order valence-corrected chi connectivity index (χ1v) is 8.94. The standard InChI is InChI=1S/C19H22N2O5/c1-9-6-10(2)8-12(7-9)25-11(3)17(22)20-21-18(23)15-13-4-5-14(26-13)16(15)19(21)24/h6-8,11,13-16H,4-5H2,1-3H3,(H,20,22)/t11-,13-,14+,15+,16-/m0/s1. The number of nitrogens with one attached hydrogen (secondary N) is 1. The number of aryl methyl sites for hydroxylation is 2. The maximum Gasteiger partial charge on any atom is 0.279 e. The Balaban J connectivity index is 1.43. The lowest BCUT2D eigenvalue weighted by molar-refractivity contribution is -0.153. The summed E-state index contributed by atoms with van der Waals surface area (Å²) in [5.74, 6) is -1.63. The molecule has 26 heavy (non-hydrogen) atoms. The molecule has 2 bridgehead atoms. The van der Waals surface area contributed by atoms with Gasteiger partial charge in [0.15, 0.2) is 6.10 Å². The first-order valence-electron chi connectivity index (χ1n) is 8.94. The van der Waals surface area contributed by atoms with Gasteiger partial charge in [-0.2, -0.15) is 5.01 Å². The highest BCUT2D eigenvalue weighted by atomic mass is 16.5. The van der Waals surface area contributed by atoms with Gasteiger partial charge in [-0.3, -0.25) is 19.8 Å². The quantitative estimate of drug-likeness (QED) is 0.819. The van der Waals surface area contributed by atoms with Crippen molar-refractivity contribution in [1.82, 2.24) is 10.4 Å². The summed E-state index contributed by atoms with van der Waals surface area (Å²) in [5.41, 5.74) is 4.50. The maximum absolute atomic E-state index is 12.6. The first-order chi connectivity index (χ1) is 12.3. The van der Waals surface area contributed by atoms with E-state index in [0.29, 0.717) is 5.75 Å². The van der Waals surface area contributed by atoms with E-state index in [1.165, 1.54) is 0 Å². The molecule has 1 N–H and O–H groups in total. The van der Waals surface area contributed by atoms with E-state index in [0.717, 1.165) is 29.0 Å². The minimum absolute atomic E-state index is 0.202. The van der Waals surface area contributed by atoms with Crippen LogP contribution in [0.2, 0.25) is 0 Å². The predicted octanol–water partition coefficient (Wildman–Crippen LogP) is 1.26. The summed E-state index contributed by atoms with van der Waals surface area (Å²) >= 11 is 0. The Hall–Kier alpha value is -2.41. The highest BCUT2D eigenvalue weighted by Gasteiger charge is 2.63. The fraction of sp³-hybridized carbons (Fsp3) is 0.526. The van der Waals surface area contributed by atoms with Gasteiger partial charge in [0, 0.05) is 0 Å². The van der Waals surface area contributed by atoms with Crippen molar-refractivity contribution in [3.63, 3.8) is 0 Å². The number of imide groups is 1. The van der Waals surface area contributed by atoms with Crippen molar-refractivity contribution >= 4 is 17.7 Å². The van der Waals surface area contributed by atoms with Crippen LogP contribution >= 0.6 is 0 Å². The second-order valence-electron chi connectivity index (χ2n) is 7.41. The van der Waals surface area contributed by atoms with Gasteiger partial charge in [-0.05, 0) is 56.9 Å². The lowest BCUT2D eigenvalue weighted by Crippen LogP contribution is -2.51. The van der Waals surface area contributed by atoms with Crippen molar-refractivity contribution in [2.24, 2.45) is 11.8 Å². The number of ether oxygens (including phenoxy) is 2. The van der Waals surface area contributed by atoms with E-state index in [1.54, 1.807) is 6.92 Å². The van der Waals surface area contributed by atoms with Crippen LogP contribution in [0.25, 0.3) is 0 Å². The highest BCUT2D eigenvalue weighted by Crippen LogP contribution is 2.48. The third-order valence-electron chi connectivity index (χ3n) is 5.38. The summed E-state index contributed by atoms with van der Waals surface area (Å²) in [6.45, 7) is 5.48. The monoisotopic (exact) mass is 358 g/mol. The number of fused-ring (bicyclic) bond motifs is 5. The van der Waals surface area contributed by atoms with Gasteiger partial charge in [0.05, 0.1) is 24.0 Å². The van der Waals surface area contributed by atoms with E-state index < -0.39 is 23.8 Å². The number of rotatable bonds is 4. The molecule has 138 valence electrons. The zero-order chi connectivity index (χ0) is 18.6. The molecule has 0 aliphatic carbocycles. The zero-order valence-corrected chi connectivity index (χ0v) is 15.0. The first kappa shape index (κ1) is 17.0. The van der Waals surface area contributed by atoms with Crippen LogP contribution in [-0.2, 0) is 19.1 Å². The number of nitrogens with zero attached hydrogens (tertiary/aromatic N) is 1. The number of hydrogen-bond donors (Lipinski definition) is 1. The van der Waals surface area contributed by atoms with E-state index >= 15 is 0 Å². The largest absolute Gasteiger partial charge is 0.481 e. The number of hydrazine groups is 1. The van der Waals surface area contributed by atoms with Crippen molar-refractivity contribution in [2.45, 2.75) is 51.9 Å². The molecule has 0 unspecified atom stereocenters. The molecule has 3 saturated heterocycles. The Morgan fingerprint density at radius 1 is 1.12 bits per heavy atom. The van der Waals surface area contributed by atoms with Gasteiger partial charge in [0.1, 0.15) is 5.75 Å². The molecule has 3 fully saturated rings. The second-order valence-corrected chi connectivity index (χ2v) is 7.41. The second kappa shape index (κ2) is 6.09. The van der Waals surface area contributed by atoms with Gasteiger partial charge in [0.25, 0.3) is 17.7 Å². The van der Waals surface area contributed by atoms with Crippen LogP contribution in [0.3, 0.4) is 0 Å². The summed E-state index contributed by atoms with van der Waals surface area (Å²) in [5, 5.41) is 0.868. The van der Waals surface area contributed by atoms with Gasteiger partial charge < -0.3 is 9.47 Å². The van der Waals surface area contributed by atoms with Crippen LogP contribution in [0.4, 0.5) is 0 Å². The fourth-order valence-electron chi connectivity index (χ4n) is 4.28. The van der Waals surface area contributed by atoms with E-state index in [4.69, 9.17) is 9.47 Å². The average molecular weight is 358 g/mol. The van der Waals surface area contributed by atoms with Crippen LogP contribution in [-0.4, -0.2) is 41.0 Å². The highest BCUT2D eigenvalue weighted by molar-refractivity contribution is 6.07. The Morgan fingerprint density at radius 2 is 1.65 bits per heavy atom. The van der Waals surface area contributed by atoms with Crippen molar-refractivity contribution < 1.29 is 23.9 Å². The fourth-order valence-corrected chi connectivity index (χ4v) is 4.28. The van der Waals surface area contributed by atoms with Gasteiger partial charge in [0.2, 0.25) is 0 Å². The molecule has 0 aromatic heterocycles. The topological polar surface area (TPSA) is 84.9 Å². The number of carbonyl (C=O) groups is 3. The molecule has 0 saturated carbocycles. The zero-order valence-electron chi connectivity index (χ0n) is 15.0. The summed E-state index contributed by atoms with van der Waals surface area (Å²) < 4.78 is 11.4. The Bertz CT molecular complexity index is 744. The van der Waals surface area contributed by atoms with Gasteiger partial charge in [-0.1, -0.05) is 6.07 Å². The number of benzene rings is 1. The van der Waals surface area contributed by atoms with Crippen molar-refractivity contribution in [3.05, 3.63) is 29.3 Å². The van der Waals surface area contributed by atoms with Crippen molar-refractivity contribution in [1.29, 1.82) is 0 Å². The number of hydrogen-bond acceptors (Lipinski definition) is 5. The van der Waals surface area contributed by atoms with Crippen LogP contribution in [0.1, 0.15) is 30.9 Å². The van der Waals surface area contributed by atoms with Gasteiger partial charge in [-0.25, -0.2) is 0 Å². The molecular formula is C19H22N2O5. The molecule has 0 spiro atoms. The minimum atomic E-state index is -0.842.